The van der Waals surface area contributed by atoms with Gasteiger partial charge in [-0.05, 0) is 24.1 Å². The molecule has 2 aromatic carbocycles. The first-order valence-corrected chi connectivity index (χ1v) is 10.2. The van der Waals surface area contributed by atoms with Crippen LogP contribution in [-0.4, -0.2) is 42.3 Å². The van der Waals surface area contributed by atoms with E-state index in [9.17, 15) is 14.7 Å². The molecular weight excluding hydrogens is 390 g/mol. The Bertz CT molecular complexity index is 932. The fraction of sp³-hybridized carbons (Fsp3) is 0.280. The average Bonchev–Trinajstić information content (AvgIpc) is 2.80. The molecule has 0 atom stereocenters. The molecule has 0 fully saturated rings. The maximum absolute atomic E-state index is 12.1. The summed E-state index contributed by atoms with van der Waals surface area (Å²) in [5, 5.41) is 16.7. The molecule has 164 valence electrons. The minimum absolute atomic E-state index is 0.0269. The second-order valence-corrected chi connectivity index (χ2v) is 6.64. The number of aromatic hydroxyl groups is 1. The Balaban J connectivity index is 0.00000113. The third-order valence-electron chi connectivity index (χ3n) is 4.45. The highest BCUT2D eigenvalue weighted by atomic mass is 16.3. The molecule has 0 aliphatic heterocycles. The van der Waals surface area contributed by atoms with Crippen LogP contribution >= 0.6 is 0 Å². The third kappa shape index (κ3) is 6.65. The standard InChI is InChI=1S/C21H23N3O3.C2H6.C2H2/c1-24(2)21(27)15-9-6-10-16(20(15)26)23-19-17(13-18(19)25)22-12-11-14-7-4-3-5-8-14;2*1-2/h3-10,22-23,26H,11-13H2,1-2H3;1-2H3;1-2H. The van der Waals surface area contributed by atoms with E-state index in [2.05, 4.69) is 35.6 Å². The van der Waals surface area contributed by atoms with Crippen molar-refractivity contribution >= 4 is 17.4 Å². The molecule has 0 aromatic heterocycles. The Morgan fingerprint density at radius 3 is 2.29 bits per heavy atom. The van der Waals surface area contributed by atoms with Crippen molar-refractivity contribution < 1.29 is 14.7 Å². The molecule has 6 nitrogen and oxygen atoms in total. The van der Waals surface area contributed by atoms with E-state index >= 15 is 0 Å². The molecule has 0 heterocycles. The second-order valence-electron chi connectivity index (χ2n) is 6.64. The number of amides is 1. The van der Waals surface area contributed by atoms with E-state index in [0.717, 1.165) is 12.1 Å². The summed E-state index contributed by atoms with van der Waals surface area (Å²) in [4.78, 5) is 25.5. The van der Waals surface area contributed by atoms with Gasteiger partial charge in [-0.3, -0.25) is 9.59 Å². The van der Waals surface area contributed by atoms with Crippen LogP contribution in [0.1, 0.15) is 36.2 Å². The lowest BCUT2D eigenvalue weighted by molar-refractivity contribution is -0.116. The number of ketones is 1. The molecule has 0 saturated heterocycles. The van der Waals surface area contributed by atoms with E-state index in [4.69, 9.17) is 0 Å². The van der Waals surface area contributed by atoms with Gasteiger partial charge in [0.05, 0.1) is 17.7 Å². The molecule has 1 aliphatic rings. The number of nitrogens with one attached hydrogen (secondary N) is 2. The number of Topliss-reactive ketones (excluding diaryl/α,β-unsaturated/α-hetero) is 1. The van der Waals surface area contributed by atoms with Gasteiger partial charge in [-0.1, -0.05) is 50.2 Å². The molecule has 1 aliphatic carbocycles. The number of terminal acetylenes is 1. The number of carbonyl (C=O) groups excluding carboxylic acids is 2. The number of rotatable bonds is 7. The summed E-state index contributed by atoms with van der Waals surface area (Å²) in [5.41, 5.74) is 3.01. The maximum atomic E-state index is 12.1. The maximum Gasteiger partial charge on any atom is 0.257 e. The summed E-state index contributed by atoms with van der Waals surface area (Å²) >= 11 is 0. The van der Waals surface area contributed by atoms with Crippen molar-refractivity contribution in [1.82, 2.24) is 10.2 Å². The fourth-order valence-corrected chi connectivity index (χ4v) is 2.89. The van der Waals surface area contributed by atoms with Gasteiger partial charge < -0.3 is 20.6 Å². The van der Waals surface area contributed by atoms with Gasteiger partial charge in [0.25, 0.3) is 5.91 Å². The molecule has 0 saturated carbocycles. The molecular formula is C25H31N3O3. The lowest BCUT2D eigenvalue weighted by Crippen LogP contribution is -2.33. The van der Waals surface area contributed by atoms with E-state index < -0.39 is 0 Å². The van der Waals surface area contributed by atoms with Gasteiger partial charge in [0.1, 0.15) is 5.70 Å². The Morgan fingerprint density at radius 1 is 1.06 bits per heavy atom. The van der Waals surface area contributed by atoms with Crippen LogP contribution in [-0.2, 0) is 11.2 Å². The Morgan fingerprint density at radius 2 is 1.71 bits per heavy atom. The lowest BCUT2D eigenvalue weighted by atomic mass is 9.98. The second kappa shape index (κ2) is 12.8. The van der Waals surface area contributed by atoms with Crippen molar-refractivity contribution in [2.24, 2.45) is 0 Å². The van der Waals surface area contributed by atoms with E-state index in [0.29, 0.717) is 24.4 Å². The SMILES string of the molecule is C#C.CC.CN(C)C(=O)c1cccc(NC2=C(NCCc3ccccc3)CC2=O)c1O. The monoisotopic (exact) mass is 421 g/mol. The number of benzene rings is 2. The van der Waals surface area contributed by atoms with Crippen molar-refractivity contribution in [3.05, 3.63) is 71.1 Å². The number of hydrogen-bond donors (Lipinski definition) is 3. The molecule has 0 radical (unpaired) electrons. The third-order valence-corrected chi connectivity index (χ3v) is 4.45. The first-order valence-electron chi connectivity index (χ1n) is 10.2. The van der Waals surface area contributed by atoms with Crippen LogP contribution < -0.4 is 10.6 Å². The number of phenols is 1. The highest BCUT2D eigenvalue weighted by molar-refractivity contribution is 6.07. The number of phenolic OH excluding ortho intramolecular Hbond substituents is 1. The molecule has 0 unspecified atom stereocenters. The van der Waals surface area contributed by atoms with Crippen molar-refractivity contribution in [2.45, 2.75) is 26.7 Å². The highest BCUT2D eigenvalue weighted by Gasteiger charge is 2.28. The quantitative estimate of drug-likeness (QED) is 0.468. The fourth-order valence-electron chi connectivity index (χ4n) is 2.89. The predicted octanol–water partition coefficient (Wildman–Crippen LogP) is 3.80. The summed E-state index contributed by atoms with van der Waals surface area (Å²) < 4.78 is 0. The zero-order chi connectivity index (χ0) is 23.4. The van der Waals surface area contributed by atoms with Crippen molar-refractivity contribution in [1.29, 1.82) is 0 Å². The smallest absolute Gasteiger partial charge is 0.257 e. The van der Waals surface area contributed by atoms with Gasteiger partial charge in [0.2, 0.25) is 0 Å². The molecule has 31 heavy (non-hydrogen) atoms. The number of nitrogens with zero attached hydrogens (tertiary/aromatic N) is 1. The number of carbonyl (C=O) groups is 2. The molecule has 1 amide bonds. The van der Waals surface area contributed by atoms with Gasteiger partial charge >= 0.3 is 0 Å². The number of para-hydroxylation sites is 1. The summed E-state index contributed by atoms with van der Waals surface area (Å²) in [7, 11) is 3.24. The van der Waals surface area contributed by atoms with Crippen LogP contribution in [0.5, 0.6) is 5.75 Å². The largest absolute Gasteiger partial charge is 0.505 e. The predicted molar refractivity (Wildman–Crippen MR) is 126 cm³/mol. The van der Waals surface area contributed by atoms with E-state index in [-0.39, 0.29) is 23.0 Å². The Kier molecular flexibility index (Phi) is 10.4. The van der Waals surface area contributed by atoms with E-state index in [1.165, 1.54) is 10.5 Å². The lowest BCUT2D eigenvalue weighted by Gasteiger charge is -2.25. The van der Waals surface area contributed by atoms with Crippen molar-refractivity contribution in [3.8, 4) is 18.6 Å². The first kappa shape index (κ1) is 25.3. The van der Waals surface area contributed by atoms with Crippen LogP contribution in [0, 0.1) is 12.8 Å². The van der Waals surface area contributed by atoms with Gasteiger partial charge in [-0.2, -0.15) is 0 Å². The van der Waals surface area contributed by atoms with Gasteiger partial charge in [-0.25, -0.2) is 0 Å². The number of allylic oxidation sites excluding steroid dienone is 2. The number of anilines is 1. The number of hydrogen-bond acceptors (Lipinski definition) is 5. The van der Waals surface area contributed by atoms with Gasteiger partial charge in [-0.15, -0.1) is 12.8 Å². The average molecular weight is 422 g/mol. The minimum Gasteiger partial charge on any atom is -0.505 e. The molecule has 0 bridgehead atoms. The van der Waals surface area contributed by atoms with Crippen LogP contribution in [0.15, 0.2) is 59.9 Å². The van der Waals surface area contributed by atoms with Gasteiger partial charge in [0.15, 0.2) is 11.5 Å². The molecule has 3 N–H and O–H groups in total. The van der Waals surface area contributed by atoms with Crippen molar-refractivity contribution in [3.63, 3.8) is 0 Å². The Labute approximate surface area is 185 Å². The zero-order valence-corrected chi connectivity index (χ0v) is 18.6. The molecule has 0 spiro atoms. The van der Waals surface area contributed by atoms with E-state index in [1.807, 2.05) is 32.0 Å². The topological polar surface area (TPSA) is 81.7 Å². The van der Waals surface area contributed by atoms with Crippen LogP contribution in [0.4, 0.5) is 5.69 Å². The Hall–Kier alpha value is -3.72. The molecule has 3 rings (SSSR count). The molecule has 2 aromatic rings. The van der Waals surface area contributed by atoms with Crippen molar-refractivity contribution in [2.75, 3.05) is 26.0 Å². The highest BCUT2D eigenvalue weighted by Crippen LogP contribution is 2.32. The summed E-state index contributed by atoms with van der Waals surface area (Å²) in [6, 6.07) is 15.0. The summed E-state index contributed by atoms with van der Waals surface area (Å²) in [6.45, 7) is 4.71. The van der Waals surface area contributed by atoms with Crippen LogP contribution in [0.2, 0.25) is 0 Å². The normalized spacial score (nSPS) is 11.7. The van der Waals surface area contributed by atoms with Gasteiger partial charge in [0, 0.05) is 26.3 Å². The zero-order valence-electron chi connectivity index (χ0n) is 18.6. The van der Waals surface area contributed by atoms with Crippen LogP contribution in [0.25, 0.3) is 0 Å². The van der Waals surface area contributed by atoms with E-state index in [1.54, 1.807) is 32.3 Å². The molecule has 6 heteroatoms. The minimum atomic E-state index is -0.300. The van der Waals surface area contributed by atoms with Crippen LogP contribution in [0.3, 0.4) is 0 Å². The summed E-state index contributed by atoms with van der Waals surface area (Å²) in [6.07, 6.45) is 9.19. The first-order chi connectivity index (χ1) is 15.0. The summed E-state index contributed by atoms with van der Waals surface area (Å²) in [5.74, 6) is -0.487.